The van der Waals surface area contributed by atoms with Gasteiger partial charge in [0, 0.05) is 45.3 Å². The summed E-state index contributed by atoms with van der Waals surface area (Å²) in [6, 6.07) is 8.19. The van der Waals surface area contributed by atoms with E-state index in [0.29, 0.717) is 6.61 Å². The second-order valence-corrected chi connectivity index (χ2v) is 6.21. The standard InChI is InChI=1S/C18H29N3O2S/c1-3-23-17-8-5-4-7-16(17)15-21(18(24)19-2)10-6-9-20-11-13-22-14-12-20/h4-5,7-8H,3,6,9-15H2,1-2H3,(H,19,24). The van der Waals surface area contributed by atoms with Crippen LogP contribution in [0.2, 0.25) is 0 Å². The van der Waals surface area contributed by atoms with Crippen LogP contribution in [0.1, 0.15) is 18.9 Å². The maximum atomic E-state index is 5.74. The molecule has 0 saturated carbocycles. The van der Waals surface area contributed by atoms with Gasteiger partial charge in [-0.05, 0) is 31.6 Å². The molecule has 1 aliphatic rings. The number of ether oxygens (including phenoxy) is 2. The zero-order valence-corrected chi connectivity index (χ0v) is 15.6. The van der Waals surface area contributed by atoms with Crippen molar-refractivity contribution in [2.45, 2.75) is 19.9 Å². The lowest BCUT2D eigenvalue weighted by Crippen LogP contribution is -2.41. The third kappa shape index (κ3) is 5.92. The fourth-order valence-electron chi connectivity index (χ4n) is 2.86. The first kappa shape index (κ1) is 19.0. The molecule has 1 heterocycles. The van der Waals surface area contributed by atoms with Crippen LogP contribution in [-0.2, 0) is 11.3 Å². The summed E-state index contributed by atoms with van der Waals surface area (Å²) in [7, 11) is 1.88. The molecule has 5 nitrogen and oxygen atoms in total. The lowest BCUT2D eigenvalue weighted by Gasteiger charge is -2.29. The van der Waals surface area contributed by atoms with E-state index in [0.717, 1.165) is 63.2 Å². The molecule has 1 N–H and O–H groups in total. The quantitative estimate of drug-likeness (QED) is 0.723. The predicted octanol–water partition coefficient (Wildman–Crippen LogP) is 2.11. The molecule has 1 aliphatic heterocycles. The fourth-order valence-corrected chi connectivity index (χ4v) is 3.01. The normalized spacial score (nSPS) is 15.1. The van der Waals surface area contributed by atoms with Crippen molar-refractivity contribution in [1.82, 2.24) is 15.1 Å². The lowest BCUT2D eigenvalue weighted by atomic mass is 10.2. The van der Waals surface area contributed by atoms with E-state index in [1.807, 2.05) is 32.2 Å². The van der Waals surface area contributed by atoms with Crippen LogP contribution in [0.3, 0.4) is 0 Å². The minimum Gasteiger partial charge on any atom is -0.494 e. The number of nitrogens with zero attached hydrogens (tertiary/aromatic N) is 2. The molecule has 2 rings (SSSR count). The van der Waals surface area contributed by atoms with E-state index in [-0.39, 0.29) is 0 Å². The number of para-hydroxylation sites is 1. The Morgan fingerprint density at radius 3 is 2.79 bits per heavy atom. The van der Waals surface area contributed by atoms with Crippen molar-refractivity contribution >= 4 is 17.3 Å². The molecule has 0 atom stereocenters. The van der Waals surface area contributed by atoms with Crippen molar-refractivity contribution in [3.05, 3.63) is 29.8 Å². The number of hydrogen-bond donors (Lipinski definition) is 1. The molecule has 24 heavy (non-hydrogen) atoms. The van der Waals surface area contributed by atoms with Gasteiger partial charge >= 0.3 is 0 Å². The fraction of sp³-hybridized carbons (Fsp3) is 0.611. The summed E-state index contributed by atoms with van der Waals surface area (Å²) in [5.74, 6) is 0.942. The van der Waals surface area contributed by atoms with Gasteiger partial charge in [0.15, 0.2) is 5.11 Å². The summed E-state index contributed by atoms with van der Waals surface area (Å²) < 4.78 is 11.1. The molecule has 1 saturated heterocycles. The van der Waals surface area contributed by atoms with E-state index in [1.165, 1.54) is 5.56 Å². The highest BCUT2D eigenvalue weighted by Gasteiger charge is 2.14. The van der Waals surface area contributed by atoms with Crippen molar-refractivity contribution < 1.29 is 9.47 Å². The van der Waals surface area contributed by atoms with Crippen LogP contribution in [0.5, 0.6) is 5.75 Å². The molecular formula is C18H29N3O2S. The van der Waals surface area contributed by atoms with Gasteiger partial charge in [-0.3, -0.25) is 4.90 Å². The first-order chi connectivity index (χ1) is 11.7. The number of morpholine rings is 1. The average Bonchev–Trinajstić information content (AvgIpc) is 2.63. The summed E-state index contributed by atoms with van der Waals surface area (Å²) >= 11 is 5.49. The highest BCUT2D eigenvalue weighted by molar-refractivity contribution is 7.80. The lowest BCUT2D eigenvalue weighted by molar-refractivity contribution is 0.0367. The number of nitrogens with one attached hydrogen (secondary N) is 1. The molecule has 0 bridgehead atoms. The molecule has 0 spiro atoms. The van der Waals surface area contributed by atoms with Crippen LogP contribution in [-0.4, -0.2) is 68.0 Å². The molecule has 6 heteroatoms. The van der Waals surface area contributed by atoms with Gasteiger partial charge in [0.1, 0.15) is 5.75 Å². The Morgan fingerprint density at radius 2 is 2.08 bits per heavy atom. The van der Waals surface area contributed by atoms with Crippen LogP contribution >= 0.6 is 12.2 Å². The number of rotatable bonds is 8. The molecule has 0 unspecified atom stereocenters. The summed E-state index contributed by atoms with van der Waals surface area (Å²) in [6.07, 6.45) is 1.08. The van der Waals surface area contributed by atoms with E-state index in [1.54, 1.807) is 0 Å². The topological polar surface area (TPSA) is 37.0 Å². The van der Waals surface area contributed by atoms with Gasteiger partial charge in [0.25, 0.3) is 0 Å². The molecule has 1 aromatic rings. The van der Waals surface area contributed by atoms with Crippen molar-refractivity contribution in [3.63, 3.8) is 0 Å². The Morgan fingerprint density at radius 1 is 1.33 bits per heavy atom. The average molecular weight is 352 g/mol. The highest BCUT2D eigenvalue weighted by atomic mass is 32.1. The third-order valence-corrected chi connectivity index (χ3v) is 4.60. The van der Waals surface area contributed by atoms with Crippen LogP contribution in [0.15, 0.2) is 24.3 Å². The number of benzene rings is 1. The van der Waals surface area contributed by atoms with Gasteiger partial charge in [-0.15, -0.1) is 0 Å². The largest absolute Gasteiger partial charge is 0.494 e. The molecule has 1 aromatic carbocycles. The third-order valence-electron chi connectivity index (χ3n) is 4.14. The Balaban J connectivity index is 1.91. The van der Waals surface area contributed by atoms with Gasteiger partial charge < -0.3 is 19.7 Å². The van der Waals surface area contributed by atoms with Gasteiger partial charge in [0.05, 0.1) is 19.8 Å². The van der Waals surface area contributed by atoms with Gasteiger partial charge in [-0.25, -0.2) is 0 Å². The Kier molecular flexibility index (Phi) is 8.28. The van der Waals surface area contributed by atoms with Crippen molar-refractivity contribution in [2.24, 2.45) is 0 Å². The van der Waals surface area contributed by atoms with Crippen molar-refractivity contribution in [2.75, 3.05) is 53.0 Å². The van der Waals surface area contributed by atoms with Crippen LogP contribution in [0.25, 0.3) is 0 Å². The highest BCUT2D eigenvalue weighted by Crippen LogP contribution is 2.20. The SMILES string of the molecule is CCOc1ccccc1CN(CCCN1CCOCC1)C(=S)NC. The minimum absolute atomic E-state index is 0.671. The summed E-state index contributed by atoms with van der Waals surface area (Å²) in [6.45, 7) is 9.21. The zero-order valence-electron chi connectivity index (χ0n) is 14.8. The second kappa shape index (κ2) is 10.5. The maximum absolute atomic E-state index is 5.74. The van der Waals surface area contributed by atoms with E-state index in [4.69, 9.17) is 21.7 Å². The van der Waals surface area contributed by atoms with Crippen LogP contribution < -0.4 is 10.1 Å². The number of thiocarbonyl (C=S) groups is 1. The van der Waals surface area contributed by atoms with Gasteiger partial charge in [0.2, 0.25) is 0 Å². The zero-order chi connectivity index (χ0) is 17.2. The van der Waals surface area contributed by atoms with Crippen molar-refractivity contribution in [3.8, 4) is 5.75 Å². The maximum Gasteiger partial charge on any atom is 0.168 e. The van der Waals surface area contributed by atoms with Gasteiger partial charge in [-0.2, -0.15) is 0 Å². The molecule has 0 aliphatic carbocycles. The molecule has 0 aromatic heterocycles. The first-order valence-corrected chi connectivity index (χ1v) is 9.13. The van der Waals surface area contributed by atoms with Crippen LogP contribution in [0, 0.1) is 0 Å². The summed E-state index contributed by atoms with van der Waals surface area (Å²) in [5, 5.41) is 3.89. The van der Waals surface area contributed by atoms with E-state index >= 15 is 0 Å². The minimum atomic E-state index is 0.671. The van der Waals surface area contributed by atoms with Gasteiger partial charge in [-0.1, -0.05) is 18.2 Å². The van der Waals surface area contributed by atoms with Crippen molar-refractivity contribution in [1.29, 1.82) is 0 Å². The molecule has 1 fully saturated rings. The Bertz CT molecular complexity index is 507. The van der Waals surface area contributed by atoms with Crippen LogP contribution in [0.4, 0.5) is 0 Å². The summed E-state index contributed by atoms with van der Waals surface area (Å²) in [5.41, 5.74) is 1.17. The smallest absolute Gasteiger partial charge is 0.168 e. The monoisotopic (exact) mass is 351 g/mol. The first-order valence-electron chi connectivity index (χ1n) is 8.72. The van der Waals surface area contributed by atoms with E-state index in [9.17, 15) is 0 Å². The summed E-state index contributed by atoms with van der Waals surface area (Å²) in [4.78, 5) is 4.67. The molecule has 134 valence electrons. The predicted molar refractivity (Wildman–Crippen MR) is 102 cm³/mol. The number of hydrogen-bond acceptors (Lipinski definition) is 4. The molecular weight excluding hydrogens is 322 g/mol. The Labute approximate surface area is 150 Å². The van der Waals surface area contributed by atoms with E-state index in [2.05, 4.69) is 21.2 Å². The molecule has 0 radical (unpaired) electrons. The second-order valence-electron chi connectivity index (χ2n) is 5.83. The molecule has 0 amide bonds. The van der Waals surface area contributed by atoms with E-state index < -0.39 is 0 Å². The Hall–Kier alpha value is -1.37.